The maximum Gasteiger partial charge on any atom is 0.137 e. The summed E-state index contributed by atoms with van der Waals surface area (Å²) in [7, 11) is 0. The normalized spacial score (nSPS) is 9.40. The molecular weight excluding hydrogens is 146 g/mol. The third kappa shape index (κ3) is 1.65. The lowest BCUT2D eigenvalue weighted by Crippen LogP contribution is -1.95. The number of hydrogen-bond donors (Lipinski definition) is 2. The fraction of sp³-hybridized carbons (Fsp3) is 0.143. The van der Waals surface area contributed by atoms with Crippen LogP contribution < -0.4 is 9.92 Å². The van der Waals surface area contributed by atoms with Crippen molar-refractivity contribution in [2.45, 2.75) is 6.54 Å². The molecule has 0 bridgehead atoms. The monoisotopic (exact) mass is 155 g/mol. The molecule has 0 saturated heterocycles. The summed E-state index contributed by atoms with van der Waals surface area (Å²) in [4.78, 5) is 0. The van der Waals surface area contributed by atoms with Gasteiger partial charge in [0.05, 0.1) is 0 Å². The van der Waals surface area contributed by atoms with Gasteiger partial charge in [0.1, 0.15) is 5.75 Å². The number of rotatable bonds is 2. The average molecular weight is 155 g/mol. The van der Waals surface area contributed by atoms with E-state index >= 15 is 0 Å². The zero-order chi connectivity index (χ0) is 7.40. The summed E-state index contributed by atoms with van der Waals surface area (Å²) in [5.74, 6) is 0.728. The molecule has 0 fully saturated rings. The SMILES string of the molecule is NCc1cccc(OS)c1. The van der Waals surface area contributed by atoms with E-state index in [0.717, 1.165) is 11.3 Å². The third-order valence-electron chi connectivity index (χ3n) is 1.24. The molecule has 0 heterocycles. The van der Waals surface area contributed by atoms with Crippen LogP contribution in [0.4, 0.5) is 0 Å². The number of benzene rings is 1. The molecule has 0 aromatic heterocycles. The minimum absolute atomic E-state index is 0.533. The molecule has 0 aliphatic rings. The molecule has 2 nitrogen and oxygen atoms in total. The van der Waals surface area contributed by atoms with E-state index < -0.39 is 0 Å². The number of thiol groups is 1. The van der Waals surface area contributed by atoms with Gasteiger partial charge in [-0.2, -0.15) is 0 Å². The van der Waals surface area contributed by atoms with Gasteiger partial charge in [-0.3, -0.25) is 0 Å². The van der Waals surface area contributed by atoms with E-state index in [9.17, 15) is 0 Å². The Bertz CT molecular complexity index is 195. The van der Waals surface area contributed by atoms with Crippen molar-refractivity contribution in [1.82, 2.24) is 0 Å². The summed E-state index contributed by atoms with van der Waals surface area (Å²) >= 11 is 3.66. The molecular formula is C7H9NOS. The Labute approximate surface area is 65.6 Å². The van der Waals surface area contributed by atoms with E-state index in [2.05, 4.69) is 12.9 Å². The second kappa shape index (κ2) is 3.49. The first-order valence-electron chi connectivity index (χ1n) is 2.97. The first kappa shape index (κ1) is 7.44. The van der Waals surface area contributed by atoms with E-state index in [-0.39, 0.29) is 0 Å². The maximum atomic E-state index is 5.39. The van der Waals surface area contributed by atoms with Gasteiger partial charge in [0.2, 0.25) is 0 Å². The van der Waals surface area contributed by atoms with Gasteiger partial charge >= 0.3 is 0 Å². The lowest BCUT2D eigenvalue weighted by atomic mass is 10.2. The lowest BCUT2D eigenvalue weighted by Gasteiger charge is -1.98. The van der Waals surface area contributed by atoms with Crippen LogP contribution in [-0.2, 0) is 6.54 Å². The van der Waals surface area contributed by atoms with Crippen LogP contribution in [0.3, 0.4) is 0 Å². The van der Waals surface area contributed by atoms with E-state index in [1.165, 1.54) is 0 Å². The van der Waals surface area contributed by atoms with Crippen LogP contribution in [0.1, 0.15) is 5.56 Å². The molecule has 0 spiro atoms. The van der Waals surface area contributed by atoms with Crippen molar-refractivity contribution < 1.29 is 4.18 Å². The van der Waals surface area contributed by atoms with Gasteiger partial charge in [-0.1, -0.05) is 12.1 Å². The molecule has 10 heavy (non-hydrogen) atoms. The molecule has 0 aliphatic carbocycles. The van der Waals surface area contributed by atoms with Crippen molar-refractivity contribution >= 4 is 12.9 Å². The zero-order valence-electron chi connectivity index (χ0n) is 5.45. The van der Waals surface area contributed by atoms with Gasteiger partial charge in [0.15, 0.2) is 0 Å². The van der Waals surface area contributed by atoms with Crippen LogP contribution in [0.25, 0.3) is 0 Å². The van der Waals surface area contributed by atoms with Gasteiger partial charge in [0.25, 0.3) is 0 Å². The molecule has 0 amide bonds. The van der Waals surface area contributed by atoms with Gasteiger partial charge in [-0.05, 0) is 17.7 Å². The molecule has 1 aromatic carbocycles. The van der Waals surface area contributed by atoms with Gasteiger partial charge < -0.3 is 9.92 Å². The van der Waals surface area contributed by atoms with Gasteiger partial charge in [-0.25, -0.2) is 0 Å². The molecule has 0 radical (unpaired) electrons. The minimum Gasteiger partial charge on any atom is -0.429 e. The third-order valence-corrected chi connectivity index (χ3v) is 1.45. The minimum atomic E-state index is 0.533. The molecule has 0 aliphatic heterocycles. The first-order chi connectivity index (χ1) is 4.86. The highest BCUT2D eigenvalue weighted by atomic mass is 32.1. The highest BCUT2D eigenvalue weighted by molar-refractivity contribution is 7.75. The van der Waals surface area contributed by atoms with Crippen LogP contribution in [-0.4, -0.2) is 0 Å². The fourth-order valence-corrected chi connectivity index (χ4v) is 0.843. The van der Waals surface area contributed by atoms with Crippen LogP contribution >= 0.6 is 12.9 Å². The second-order valence-electron chi connectivity index (χ2n) is 1.94. The molecule has 1 rings (SSSR count). The Kier molecular flexibility index (Phi) is 2.59. The van der Waals surface area contributed by atoms with Crippen LogP contribution in [0.5, 0.6) is 5.75 Å². The largest absolute Gasteiger partial charge is 0.429 e. The van der Waals surface area contributed by atoms with Crippen molar-refractivity contribution in [1.29, 1.82) is 0 Å². The van der Waals surface area contributed by atoms with Crippen molar-refractivity contribution in [2.75, 3.05) is 0 Å². The van der Waals surface area contributed by atoms with Crippen molar-refractivity contribution in [2.24, 2.45) is 5.73 Å². The Morgan fingerprint density at radius 2 is 2.30 bits per heavy atom. The standard InChI is InChI=1S/C7H9NOS/c8-5-6-2-1-3-7(4-6)9-10/h1-4,10H,5,8H2. The predicted octanol–water partition coefficient (Wildman–Crippen LogP) is 1.37. The summed E-state index contributed by atoms with van der Waals surface area (Å²) < 4.78 is 4.70. The second-order valence-corrected chi connectivity index (χ2v) is 2.13. The molecule has 1 aromatic rings. The highest BCUT2D eigenvalue weighted by Crippen LogP contribution is 2.13. The summed E-state index contributed by atoms with van der Waals surface area (Å²) in [5, 5.41) is 0. The van der Waals surface area contributed by atoms with Crippen LogP contribution in [0, 0.1) is 0 Å². The molecule has 0 atom stereocenters. The average Bonchev–Trinajstić information content (AvgIpc) is 2.05. The van der Waals surface area contributed by atoms with Crippen LogP contribution in [0.2, 0.25) is 0 Å². The molecule has 2 N–H and O–H groups in total. The fourth-order valence-electron chi connectivity index (χ4n) is 0.729. The lowest BCUT2D eigenvalue weighted by molar-refractivity contribution is 0.657. The Morgan fingerprint density at radius 3 is 2.90 bits per heavy atom. The van der Waals surface area contributed by atoms with Crippen LogP contribution in [0.15, 0.2) is 24.3 Å². The van der Waals surface area contributed by atoms with E-state index in [0.29, 0.717) is 6.54 Å². The van der Waals surface area contributed by atoms with E-state index in [1.807, 2.05) is 24.3 Å². The molecule has 3 heteroatoms. The van der Waals surface area contributed by atoms with Gasteiger partial charge in [-0.15, -0.1) is 0 Å². The molecule has 0 saturated carbocycles. The van der Waals surface area contributed by atoms with Gasteiger partial charge in [0, 0.05) is 19.5 Å². The topological polar surface area (TPSA) is 35.2 Å². The molecule has 54 valence electrons. The van der Waals surface area contributed by atoms with E-state index in [4.69, 9.17) is 9.92 Å². The van der Waals surface area contributed by atoms with Crippen molar-refractivity contribution in [3.63, 3.8) is 0 Å². The maximum absolute atomic E-state index is 5.39. The van der Waals surface area contributed by atoms with E-state index in [1.54, 1.807) is 0 Å². The van der Waals surface area contributed by atoms with Crippen molar-refractivity contribution in [3.8, 4) is 5.75 Å². The highest BCUT2D eigenvalue weighted by Gasteiger charge is 1.91. The summed E-state index contributed by atoms with van der Waals surface area (Å²) in [6.45, 7) is 0.533. The molecule has 0 unspecified atom stereocenters. The predicted molar refractivity (Wildman–Crippen MR) is 43.9 cm³/mol. The van der Waals surface area contributed by atoms with Crippen molar-refractivity contribution in [3.05, 3.63) is 29.8 Å². The number of hydrogen-bond acceptors (Lipinski definition) is 3. The zero-order valence-corrected chi connectivity index (χ0v) is 6.34. The smallest absolute Gasteiger partial charge is 0.137 e. The first-order valence-corrected chi connectivity index (χ1v) is 3.34. The summed E-state index contributed by atoms with van der Waals surface area (Å²) in [6.07, 6.45) is 0. The quantitative estimate of drug-likeness (QED) is 0.499. The summed E-state index contributed by atoms with van der Waals surface area (Å²) in [5.41, 5.74) is 6.44. The Balaban J connectivity index is 2.87. The Morgan fingerprint density at radius 1 is 1.50 bits per heavy atom. The summed E-state index contributed by atoms with van der Waals surface area (Å²) in [6, 6.07) is 7.50. The number of nitrogens with two attached hydrogens (primary N) is 1. The Hall–Kier alpha value is -0.670.